The Morgan fingerprint density at radius 2 is 1.82 bits per heavy atom. The molecule has 0 radical (unpaired) electrons. The molecule has 0 amide bonds. The van der Waals surface area contributed by atoms with Crippen molar-refractivity contribution in [1.82, 2.24) is 0 Å². The van der Waals surface area contributed by atoms with Gasteiger partial charge in [0.05, 0.1) is 18.3 Å². The van der Waals surface area contributed by atoms with Gasteiger partial charge < -0.3 is 24.7 Å². The third kappa shape index (κ3) is 3.42. The highest BCUT2D eigenvalue weighted by Crippen LogP contribution is 2.47. The predicted molar refractivity (Wildman–Crippen MR) is 89.1 cm³/mol. The number of hydrogen-bond acceptors (Lipinski definition) is 5. The van der Waals surface area contributed by atoms with E-state index in [9.17, 15) is 5.11 Å². The highest BCUT2D eigenvalue weighted by molar-refractivity contribution is 6.74. The van der Waals surface area contributed by atoms with Gasteiger partial charge in [0.25, 0.3) is 0 Å². The SMILES string of the molecule is CC1(C)O[C@@H]2[C@H](O1)[C@H](O[Si](C)(C)C(C)(C)C)C[C@H]2C(O)CN. The Kier molecular flexibility index (Phi) is 4.86. The lowest BCUT2D eigenvalue weighted by atomic mass is 9.98. The van der Waals surface area contributed by atoms with Gasteiger partial charge in [-0.3, -0.25) is 0 Å². The van der Waals surface area contributed by atoms with Gasteiger partial charge in [-0.25, -0.2) is 0 Å². The lowest BCUT2D eigenvalue weighted by Crippen LogP contribution is -2.46. The van der Waals surface area contributed by atoms with Crippen LogP contribution in [0.1, 0.15) is 41.0 Å². The van der Waals surface area contributed by atoms with E-state index in [0.717, 1.165) is 6.42 Å². The van der Waals surface area contributed by atoms with Crippen molar-refractivity contribution in [2.24, 2.45) is 11.7 Å². The third-order valence-electron chi connectivity index (χ3n) is 5.44. The normalized spacial score (nSPS) is 36.4. The molecule has 0 bridgehead atoms. The fourth-order valence-corrected chi connectivity index (χ4v) is 4.53. The summed E-state index contributed by atoms with van der Waals surface area (Å²) in [4.78, 5) is 0. The maximum atomic E-state index is 10.2. The number of hydrogen-bond donors (Lipinski definition) is 2. The van der Waals surface area contributed by atoms with Gasteiger partial charge >= 0.3 is 0 Å². The summed E-state index contributed by atoms with van der Waals surface area (Å²) in [5.41, 5.74) is 5.67. The quantitative estimate of drug-likeness (QED) is 0.773. The lowest BCUT2D eigenvalue weighted by Gasteiger charge is -2.39. The summed E-state index contributed by atoms with van der Waals surface area (Å²) < 4.78 is 18.7. The van der Waals surface area contributed by atoms with Gasteiger partial charge in [0, 0.05) is 12.5 Å². The molecular formula is C16H33NO4Si. The monoisotopic (exact) mass is 331 g/mol. The summed E-state index contributed by atoms with van der Waals surface area (Å²) in [5, 5.41) is 10.4. The van der Waals surface area contributed by atoms with E-state index in [1.807, 2.05) is 13.8 Å². The summed E-state index contributed by atoms with van der Waals surface area (Å²) in [6.07, 6.45) is -0.105. The van der Waals surface area contributed by atoms with Crippen LogP contribution in [0.2, 0.25) is 18.1 Å². The Bertz CT molecular complexity index is 407. The molecule has 5 nitrogen and oxygen atoms in total. The Balaban J connectivity index is 2.19. The van der Waals surface area contributed by atoms with E-state index in [2.05, 4.69) is 33.9 Å². The topological polar surface area (TPSA) is 73.9 Å². The summed E-state index contributed by atoms with van der Waals surface area (Å²) in [6, 6.07) is 0. The van der Waals surface area contributed by atoms with Crippen molar-refractivity contribution in [2.45, 2.75) is 89.4 Å². The molecule has 0 aromatic carbocycles. The predicted octanol–water partition coefficient (Wildman–Crippen LogP) is 2.24. The molecule has 1 saturated carbocycles. The van der Waals surface area contributed by atoms with Crippen LogP contribution < -0.4 is 5.73 Å². The first-order valence-corrected chi connectivity index (χ1v) is 11.2. The standard InChI is InChI=1S/C16H33NO4Si/c1-15(2,3)22(6,7)21-12-8-10(11(18)9-17)13-14(12)20-16(4,5)19-13/h10-14,18H,8-9,17H2,1-7H3/t10-,11?,12+,13-,14+/m0/s1. The van der Waals surface area contributed by atoms with Crippen molar-refractivity contribution < 1.29 is 19.0 Å². The molecule has 1 aliphatic heterocycles. The van der Waals surface area contributed by atoms with Gasteiger partial charge in [-0.1, -0.05) is 20.8 Å². The van der Waals surface area contributed by atoms with E-state index < -0.39 is 20.2 Å². The van der Waals surface area contributed by atoms with Crippen LogP contribution in [0.15, 0.2) is 0 Å². The number of rotatable bonds is 4. The van der Waals surface area contributed by atoms with E-state index >= 15 is 0 Å². The Morgan fingerprint density at radius 3 is 2.32 bits per heavy atom. The Hall–Kier alpha value is 0.0169. The maximum absolute atomic E-state index is 10.2. The average Bonchev–Trinajstić information content (AvgIpc) is 2.81. The number of aliphatic hydroxyl groups excluding tert-OH is 1. The number of nitrogens with two attached hydrogens (primary N) is 1. The highest BCUT2D eigenvalue weighted by Gasteiger charge is 2.57. The van der Waals surface area contributed by atoms with Crippen molar-refractivity contribution in [3.63, 3.8) is 0 Å². The zero-order chi connectivity index (χ0) is 16.9. The van der Waals surface area contributed by atoms with Crippen LogP contribution in [0.25, 0.3) is 0 Å². The number of fused-ring (bicyclic) bond motifs is 1. The first-order chi connectivity index (χ1) is 9.88. The number of aliphatic hydroxyl groups is 1. The lowest BCUT2D eigenvalue weighted by molar-refractivity contribution is -0.169. The number of ether oxygens (including phenoxy) is 2. The zero-order valence-corrected chi connectivity index (χ0v) is 16.1. The second-order valence-corrected chi connectivity index (χ2v) is 13.4. The van der Waals surface area contributed by atoms with Crippen LogP contribution in [-0.4, -0.2) is 50.2 Å². The van der Waals surface area contributed by atoms with Crippen LogP contribution in [-0.2, 0) is 13.9 Å². The fraction of sp³-hybridized carbons (Fsp3) is 1.00. The van der Waals surface area contributed by atoms with Crippen molar-refractivity contribution >= 4 is 8.32 Å². The Morgan fingerprint density at radius 1 is 1.27 bits per heavy atom. The minimum Gasteiger partial charge on any atom is -0.411 e. The fourth-order valence-electron chi connectivity index (χ4n) is 3.19. The van der Waals surface area contributed by atoms with Gasteiger partial charge in [0.1, 0.15) is 6.10 Å². The van der Waals surface area contributed by atoms with Gasteiger partial charge in [-0.2, -0.15) is 0 Å². The van der Waals surface area contributed by atoms with Crippen LogP contribution in [0.4, 0.5) is 0 Å². The second kappa shape index (κ2) is 5.83. The summed E-state index contributed by atoms with van der Waals surface area (Å²) >= 11 is 0. The van der Waals surface area contributed by atoms with Gasteiger partial charge in [-0.15, -0.1) is 0 Å². The molecule has 0 aromatic heterocycles. The molecule has 2 rings (SSSR count). The maximum Gasteiger partial charge on any atom is 0.192 e. The first-order valence-electron chi connectivity index (χ1n) is 8.29. The highest BCUT2D eigenvalue weighted by atomic mass is 28.4. The van der Waals surface area contributed by atoms with Crippen LogP contribution in [0.5, 0.6) is 0 Å². The average molecular weight is 332 g/mol. The van der Waals surface area contributed by atoms with Gasteiger partial charge in [0.15, 0.2) is 14.1 Å². The molecule has 1 unspecified atom stereocenters. The largest absolute Gasteiger partial charge is 0.411 e. The third-order valence-corrected chi connectivity index (χ3v) is 9.95. The first kappa shape index (κ1) is 18.4. The smallest absolute Gasteiger partial charge is 0.192 e. The summed E-state index contributed by atoms with van der Waals surface area (Å²) in [7, 11) is -1.90. The van der Waals surface area contributed by atoms with Crippen molar-refractivity contribution in [2.75, 3.05) is 6.54 Å². The molecule has 130 valence electrons. The molecule has 0 spiro atoms. The van der Waals surface area contributed by atoms with Gasteiger partial charge in [0.2, 0.25) is 0 Å². The van der Waals surface area contributed by atoms with Crippen molar-refractivity contribution in [3.8, 4) is 0 Å². The molecule has 1 heterocycles. The molecule has 6 heteroatoms. The zero-order valence-electron chi connectivity index (χ0n) is 15.1. The molecule has 1 saturated heterocycles. The van der Waals surface area contributed by atoms with E-state index in [1.165, 1.54) is 0 Å². The minimum absolute atomic E-state index is 0.0217. The summed E-state index contributed by atoms with van der Waals surface area (Å²) in [5.74, 6) is -0.649. The molecular weight excluding hydrogens is 298 g/mol. The van der Waals surface area contributed by atoms with E-state index in [0.29, 0.717) is 0 Å². The Labute approximate surface area is 135 Å². The van der Waals surface area contributed by atoms with E-state index in [-0.39, 0.29) is 35.8 Å². The van der Waals surface area contributed by atoms with E-state index in [4.69, 9.17) is 19.6 Å². The van der Waals surface area contributed by atoms with Crippen LogP contribution in [0, 0.1) is 5.92 Å². The molecule has 2 fully saturated rings. The second-order valence-electron chi connectivity index (χ2n) is 8.68. The molecule has 3 N–H and O–H groups in total. The van der Waals surface area contributed by atoms with Crippen LogP contribution in [0.3, 0.4) is 0 Å². The van der Waals surface area contributed by atoms with Crippen LogP contribution >= 0.6 is 0 Å². The van der Waals surface area contributed by atoms with Crippen molar-refractivity contribution in [1.29, 1.82) is 0 Å². The molecule has 2 aliphatic rings. The molecule has 0 aromatic rings. The van der Waals surface area contributed by atoms with E-state index in [1.54, 1.807) is 0 Å². The minimum atomic E-state index is -1.90. The summed E-state index contributed by atoms with van der Waals surface area (Å²) in [6.45, 7) is 15.3. The van der Waals surface area contributed by atoms with Gasteiger partial charge in [-0.05, 0) is 38.4 Å². The molecule has 22 heavy (non-hydrogen) atoms. The molecule has 5 atom stereocenters. The molecule has 1 aliphatic carbocycles. The van der Waals surface area contributed by atoms with Crippen molar-refractivity contribution in [3.05, 3.63) is 0 Å².